The molecule has 1 aliphatic rings. The van der Waals surface area contributed by atoms with Crippen molar-refractivity contribution in [3.05, 3.63) is 16.0 Å². The van der Waals surface area contributed by atoms with E-state index in [1.54, 1.807) is 4.68 Å². The van der Waals surface area contributed by atoms with Gasteiger partial charge in [0.05, 0.1) is 5.69 Å². The van der Waals surface area contributed by atoms with Gasteiger partial charge >= 0.3 is 0 Å². The quantitative estimate of drug-likeness (QED) is 0.938. The Labute approximate surface area is 119 Å². The van der Waals surface area contributed by atoms with E-state index in [1.807, 2.05) is 21.0 Å². The molecule has 0 aliphatic heterocycles. The van der Waals surface area contributed by atoms with Crippen LogP contribution in [-0.2, 0) is 7.05 Å². The van der Waals surface area contributed by atoms with Crippen LogP contribution >= 0.6 is 15.9 Å². The molecule has 1 fully saturated rings. The van der Waals surface area contributed by atoms with Gasteiger partial charge in [0.2, 0.25) is 0 Å². The molecule has 1 aliphatic carbocycles. The van der Waals surface area contributed by atoms with Crippen LogP contribution in [-0.4, -0.2) is 32.0 Å². The van der Waals surface area contributed by atoms with Gasteiger partial charge < -0.3 is 5.32 Å². The summed E-state index contributed by atoms with van der Waals surface area (Å²) in [6, 6.07) is 0. The molecule has 0 spiro atoms. The third-order valence-corrected chi connectivity index (χ3v) is 3.89. The molecule has 0 aromatic carbocycles. The predicted octanol–water partition coefficient (Wildman–Crippen LogP) is 2.26. The first-order chi connectivity index (χ1) is 9.11. The van der Waals surface area contributed by atoms with Crippen LogP contribution in [0.15, 0.2) is 4.60 Å². The van der Waals surface area contributed by atoms with E-state index in [4.69, 9.17) is 4.98 Å². The van der Waals surface area contributed by atoms with E-state index >= 15 is 0 Å². The van der Waals surface area contributed by atoms with Crippen molar-refractivity contribution in [3.63, 3.8) is 0 Å². The number of halogens is 1. The molecule has 1 N–H and O–H groups in total. The van der Waals surface area contributed by atoms with E-state index in [-0.39, 0.29) is 0 Å². The molecule has 19 heavy (non-hydrogen) atoms. The summed E-state index contributed by atoms with van der Waals surface area (Å²) in [6.45, 7) is 2.01. The molecule has 2 heterocycles. The lowest BCUT2D eigenvalue weighted by Gasteiger charge is -2.12. The molecule has 2 aromatic heterocycles. The topological polar surface area (TPSA) is 68.5 Å². The van der Waals surface area contributed by atoms with Crippen LogP contribution in [0.1, 0.15) is 30.1 Å². The van der Waals surface area contributed by atoms with Crippen molar-refractivity contribution in [3.8, 4) is 11.4 Å². The van der Waals surface area contributed by atoms with Crippen LogP contribution < -0.4 is 5.32 Å². The van der Waals surface area contributed by atoms with Crippen LogP contribution in [0.2, 0.25) is 0 Å². The van der Waals surface area contributed by atoms with E-state index in [0.717, 1.165) is 28.6 Å². The fraction of sp³-hybridized carbons (Fsp3) is 0.500. The van der Waals surface area contributed by atoms with Gasteiger partial charge in [-0.15, -0.1) is 5.10 Å². The molecule has 1 saturated carbocycles. The molecule has 0 bridgehead atoms. The lowest BCUT2D eigenvalue weighted by molar-refractivity contribution is 0.717. The van der Waals surface area contributed by atoms with Gasteiger partial charge in [0.25, 0.3) is 0 Å². The van der Waals surface area contributed by atoms with Gasteiger partial charge in [-0.05, 0) is 35.7 Å². The fourth-order valence-electron chi connectivity index (χ4n) is 2.11. The van der Waals surface area contributed by atoms with Gasteiger partial charge in [0.1, 0.15) is 17.3 Å². The molecule has 3 rings (SSSR count). The van der Waals surface area contributed by atoms with Crippen molar-refractivity contribution < 1.29 is 0 Å². The average molecular weight is 323 g/mol. The molecule has 7 heteroatoms. The second-order valence-electron chi connectivity index (χ2n) is 4.78. The Morgan fingerprint density at radius 3 is 2.58 bits per heavy atom. The Morgan fingerprint density at radius 2 is 2.05 bits per heavy atom. The summed E-state index contributed by atoms with van der Waals surface area (Å²) in [6.07, 6.45) is 2.35. The number of aryl methyl sites for hydroxylation is 1. The Bertz CT molecular complexity index is 612. The third kappa shape index (κ3) is 2.11. The summed E-state index contributed by atoms with van der Waals surface area (Å²) < 4.78 is 2.44. The Kier molecular flexibility index (Phi) is 3.00. The van der Waals surface area contributed by atoms with Gasteiger partial charge in [0.15, 0.2) is 4.60 Å². The maximum absolute atomic E-state index is 4.73. The van der Waals surface area contributed by atoms with Gasteiger partial charge in [-0.1, -0.05) is 5.21 Å². The number of nitrogens with one attached hydrogen (secondary N) is 1. The lowest BCUT2D eigenvalue weighted by atomic mass is 10.1. The molecular formula is C12H15BrN6. The second kappa shape index (κ2) is 4.56. The molecule has 6 nitrogen and oxygen atoms in total. The summed E-state index contributed by atoms with van der Waals surface area (Å²) >= 11 is 3.44. The van der Waals surface area contributed by atoms with Gasteiger partial charge in [0, 0.05) is 25.6 Å². The smallest absolute Gasteiger partial charge is 0.157 e. The number of hydrogen-bond donors (Lipinski definition) is 1. The van der Waals surface area contributed by atoms with Crippen molar-refractivity contribution in [2.24, 2.45) is 7.05 Å². The van der Waals surface area contributed by atoms with E-state index < -0.39 is 0 Å². The zero-order chi connectivity index (χ0) is 13.6. The standard InChI is InChI=1S/C12H15BrN6/c1-6-8(9-10(13)17-18-19(9)3)15-12(7-4-5-7)16-11(6)14-2/h7H,4-5H2,1-3H3,(H,14,15,16). The van der Waals surface area contributed by atoms with E-state index in [1.165, 1.54) is 12.8 Å². The van der Waals surface area contributed by atoms with Gasteiger partial charge in [-0.3, -0.25) is 0 Å². The van der Waals surface area contributed by atoms with E-state index in [0.29, 0.717) is 10.5 Å². The molecule has 0 amide bonds. The Morgan fingerprint density at radius 1 is 1.32 bits per heavy atom. The Balaban J connectivity index is 2.21. The van der Waals surface area contributed by atoms with Crippen molar-refractivity contribution in [1.29, 1.82) is 0 Å². The van der Waals surface area contributed by atoms with Crippen LogP contribution in [0.4, 0.5) is 5.82 Å². The maximum Gasteiger partial charge on any atom is 0.157 e. The highest BCUT2D eigenvalue weighted by Gasteiger charge is 2.29. The first kappa shape index (κ1) is 12.5. The molecular weight excluding hydrogens is 308 g/mol. The predicted molar refractivity (Wildman–Crippen MR) is 76.0 cm³/mol. The van der Waals surface area contributed by atoms with Crippen LogP contribution in [0.25, 0.3) is 11.4 Å². The normalized spacial score (nSPS) is 14.7. The van der Waals surface area contributed by atoms with Crippen molar-refractivity contribution in [1.82, 2.24) is 25.0 Å². The fourth-order valence-corrected chi connectivity index (χ4v) is 2.63. The number of nitrogens with zero attached hydrogens (tertiary/aromatic N) is 5. The largest absolute Gasteiger partial charge is 0.373 e. The van der Waals surface area contributed by atoms with E-state index in [2.05, 4.69) is 36.5 Å². The lowest BCUT2D eigenvalue weighted by Crippen LogP contribution is -2.06. The minimum Gasteiger partial charge on any atom is -0.373 e. The second-order valence-corrected chi connectivity index (χ2v) is 5.53. The van der Waals surface area contributed by atoms with Crippen molar-refractivity contribution in [2.45, 2.75) is 25.7 Å². The molecule has 2 aromatic rings. The number of hydrogen-bond acceptors (Lipinski definition) is 5. The van der Waals surface area contributed by atoms with E-state index in [9.17, 15) is 0 Å². The summed E-state index contributed by atoms with van der Waals surface area (Å²) in [5, 5.41) is 11.2. The Hall–Kier alpha value is -1.50. The molecule has 0 saturated heterocycles. The minimum atomic E-state index is 0.506. The van der Waals surface area contributed by atoms with Crippen molar-refractivity contribution in [2.75, 3.05) is 12.4 Å². The van der Waals surface area contributed by atoms with Crippen LogP contribution in [0.5, 0.6) is 0 Å². The number of anilines is 1. The first-order valence-electron chi connectivity index (χ1n) is 6.23. The molecule has 0 unspecified atom stereocenters. The SMILES string of the molecule is CNc1nc(C2CC2)nc(-c2c(Br)nnn2C)c1C. The summed E-state index contributed by atoms with van der Waals surface area (Å²) in [4.78, 5) is 9.32. The first-order valence-corrected chi connectivity index (χ1v) is 7.03. The van der Waals surface area contributed by atoms with Crippen LogP contribution in [0.3, 0.4) is 0 Å². The van der Waals surface area contributed by atoms with Gasteiger partial charge in [-0.2, -0.15) is 0 Å². The van der Waals surface area contributed by atoms with Crippen LogP contribution in [0, 0.1) is 6.92 Å². The zero-order valence-electron chi connectivity index (χ0n) is 11.1. The third-order valence-electron chi connectivity index (χ3n) is 3.35. The number of rotatable bonds is 3. The molecule has 0 atom stereocenters. The van der Waals surface area contributed by atoms with Gasteiger partial charge in [-0.25, -0.2) is 14.6 Å². The molecule has 100 valence electrons. The monoisotopic (exact) mass is 322 g/mol. The summed E-state index contributed by atoms with van der Waals surface area (Å²) in [7, 11) is 3.75. The minimum absolute atomic E-state index is 0.506. The highest BCUT2D eigenvalue weighted by molar-refractivity contribution is 9.10. The average Bonchev–Trinajstić information content (AvgIpc) is 3.18. The zero-order valence-corrected chi connectivity index (χ0v) is 12.7. The number of aromatic nitrogens is 5. The summed E-state index contributed by atoms with van der Waals surface area (Å²) in [5.74, 6) is 2.30. The van der Waals surface area contributed by atoms with Crippen molar-refractivity contribution >= 4 is 21.7 Å². The highest BCUT2D eigenvalue weighted by atomic mass is 79.9. The summed E-state index contributed by atoms with van der Waals surface area (Å²) in [5.41, 5.74) is 2.79. The maximum atomic E-state index is 4.73. The highest BCUT2D eigenvalue weighted by Crippen LogP contribution is 2.40. The molecule has 0 radical (unpaired) electrons.